The zero-order valence-electron chi connectivity index (χ0n) is 12.0. The predicted octanol–water partition coefficient (Wildman–Crippen LogP) is 3.03. The summed E-state index contributed by atoms with van der Waals surface area (Å²) in [5.74, 6) is 0.946. The van der Waals surface area contributed by atoms with Gasteiger partial charge < -0.3 is 5.32 Å². The monoisotopic (exact) mass is 238 g/mol. The molecule has 2 unspecified atom stereocenters. The molecule has 2 nitrogen and oxygen atoms in total. The summed E-state index contributed by atoms with van der Waals surface area (Å²) in [5.41, 5.74) is 0.400. The van der Waals surface area contributed by atoms with E-state index in [0.29, 0.717) is 5.54 Å². The van der Waals surface area contributed by atoms with Crippen LogP contribution in [0.1, 0.15) is 59.3 Å². The van der Waals surface area contributed by atoms with Crippen molar-refractivity contribution in [2.45, 2.75) is 70.9 Å². The smallest absolute Gasteiger partial charge is 0.0308 e. The van der Waals surface area contributed by atoms with E-state index in [4.69, 9.17) is 0 Å². The van der Waals surface area contributed by atoms with Crippen molar-refractivity contribution in [2.75, 3.05) is 19.6 Å². The van der Waals surface area contributed by atoms with Crippen LogP contribution in [0.3, 0.4) is 0 Å². The maximum absolute atomic E-state index is 3.83. The van der Waals surface area contributed by atoms with Crippen LogP contribution in [0.4, 0.5) is 0 Å². The molecule has 1 saturated heterocycles. The van der Waals surface area contributed by atoms with Gasteiger partial charge in [-0.15, -0.1) is 0 Å². The maximum atomic E-state index is 3.83. The summed E-state index contributed by atoms with van der Waals surface area (Å²) in [6.07, 6.45) is 8.30. The van der Waals surface area contributed by atoms with Crippen molar-refractivity contribution in [1.29, 1.82) is 0 Å². The van der Waals surface area contributed by atoms with Gasteiger partial charge in [0.2, 0.25) is 0 Å². The molecule has 17 heavy (non-hydrogen) atoms. The van der Waals surface area contributed by atoms with E-state index in [9.17, 15) is 0 Å². The Morgan fingerprint density at radius 1 is 1.24 bits per heavy atom. The zero-order chi connectivity index (χ0) is 12.3. The van der Waals surface area contributed by atoms with Crippen molar-refractivity contribution < 1.29 is 0 Å². The normalized spacial score (nSPS) is 35.8. The summed E-state index contributed by atoms with van der Waals surface area (Å²) in [6, 6.07) is 0.764. The van der Waals surface area contributed by atoms with Crippen LogP contribution in [-0.4, -0.2) is 36.1 Å². The molecule has 100 valence electrons. The second kappa shape index (κ2) is 5.71. The molecule has 2 rings (SSSR count). The van der Waals surface area contributed by atoms with Crippen molar-refractivity contribution in [3.8, 4) is 0 Å². The van der Waals surface area contributed by atoms with Gasteiger partial charge in [0.15, 0.2) is 0 Å². The number of rotatable bonds is 5. The lowest BCUT2D eigenvalue weighted by Crippen LogP contribution is -2.51. The first kappa shape index (κ1) is 13.4. The molecule has 2 atom stereocenters. The van der Waals surface area contributed by atoms with E-state index in [1.807, 2.05) is 0 Å². The van der Waals surface area contributed by atoms with E-state index in [1.165, 1.54) is 58.2 Å². The Kier molecular flexibility index (Phi) is 4.48. The molecule has 1 aliphatic heterocycles. The molecule has 0 aromatic carbocycles. The summed E-state index contributed by atoms with van der Waals surface area (Å²) in [4.78, 5) is 2.74. The van der Waals surface area contributed by atoms with Crippen LogP contribution in [0.25, 0.3) is 0 Å². The lowest BCUT2D eigenvalue weighted by atomic mass is 9.95. The second-order valence-electron chi connectivity index (χ2n) is 6.43. The Morgan fingerprint density at radius 2 is 2.00 bits per heavy atom. The van der Waals surface area contributed by atoms with E-state index < -0.39 is 0 Å². The minimum Gasteiger partial charge on any atom is -0.310 e. The number of nitrogens with one attached hydrogen (secondary N) is 1. The molecule has 1 heterocycles. The number of hydrogen-bond acceptors (Lipinski definition) is 2. The van der Waals surface area contributed by atoms with Crippen LogP contribution in [0, 0.1) is 5.92 Å². The van der Waals surface area contributed by atoms with Gasteiger partial charge in [-0.3, -0.25) is 4.90 Å². The van der Waals surface area contributed by atoms with Gasteiger partial charge in [0.25, 0.3) is 0 Å². The predicted molar refractivity (Wildman–Crippen MR) is 74.3 cm³/mol. The third-order valence-corrected chi connectivity index (χ3v) is 4.77. The highest BCUT2D eigenvalue weighted by Gasteiger charge is 2.43. The summed E-state index contributed by atoms with van der Waals surface area (Å²) >= 11 is 0. The molecule has 0 radical (unpaired) electrons. The molecule has 1 saturated carbocycles. The van der Waals surface area contributed by atoms with E-state index >= 15 is 0 Å². The quantitative estimate of drug-likeness (QED) is 0.741. The fraction of sp³-hybridized carbons (Fsp3) is 1.00. The second-order valence-corrected chi connectivity index (χ2v) is 6.43. The van der Waals surface area contributed by atoms with Crippen molar-refractivity contribution in [1.82, 2.24) is 10.2 Å². The molecule has 0 spiro atoms. The van der Waals surface area contributed by atoms with E-state index in [1.54, 1.807) is 0 Å². The maximum Gasteiger partial charge on any atom is 0.0308 e. The molecule has 1 aliphatic carbocycles. The van der Waals surface area contributed by atoms with Crippen molar-refractivity contribution in [3.63, 3.8) is 0 Å². The molecular weight excluding hydrogens is 208 g/mol. The van der Waals surface area contributed by atoms with Gasteiger partial charge in [0.05, 0.1) is 0 Å². The SMILES string of the molecule is CCCCCN1CC(C)(C2CC2)NCCC1C. The Bertz CT molecular complexity index is 237. The van der Waals surface area contributed by atoms with Gasteiger partial charge in [-0.2, -0.15) is 0 Å². The Balaban J connectivity index is 1.91. The van der Waals surface area contributed by atoms with Gasteiger partial charge in [-0.1, -0.05) is 19.8 Å². The standard InChI is InChI=1S/C15H30N2/c1-4-5-6-11-17-12-15(3,14-7-8-14)16-10-9-13(17)2/h13-14,16H,4-12H2,1-3H3. The van der Waals surface area contributed by atoms with Crippen molar-refractivity contribution >= 4 is 0 Å². The van der Waals surface area contributed by atoms with Gasteiger partial charge in [0.1, 0.15) is 0 Å². The van der Waals surface area contributed by atoms with Gasteiger partial charge in [0, 0.05) is 18.1 Å². The first-order chi connectivity index (χ1) is 8.15. The molecule has 0 bridgehead atoms. The lowest BCUT2D eigenvalue weighted by Gasteiger charge is -2.36. The minimum absolute atomic E-state index is 0.400. The van der Waals surface area contributed by atoms with Crippen molar-refractivity contribution in [2.24, 2.45) is 5.92 Å². The summed E-state index contributed by atoms with van der Waals surface area (Å²) in [5, 5.41) is 3.83. The first-order valence-electron chi connectivity index (χ1n) is 7.65. The molecule has 0 amide bonds. The Hall–Kier alpha value is -0.0800. The Labute approximate surface area is 107 Å². The van der Waals surface area contributed by atoms with Crippen LogP contribution in [-0.2, 0) is 0 Å². The molecule has 2 heteroatoms. The highest BCUT2D eigenvalue weighted by molar-refractivity contribution is 5.01. The van der Waals surface area contributed by atoms with Crippen LogP contribution < -0.4 is 5.32 Å². The average molecular weight is 238 g/mol. The molecule has 2 aliphatic rings. The third kappa shape index (κ3) is 3.45. The molecule has 0 aromatic rings. The van der Waals surface area contributed by atoms with Gasteiger partial charge in [-0.05, 0) is 58.5 Å². The third-order valence-electron chi connectivity index (χ3n) is 4.77. The molecule has 0 aromatic heterocycles. The highest BCUT2D eigenvalue weighted by atomic mass is 15.2. The topological polar surface area (TPSA) is 15.3 Å². The summed E-state index contributed by atoms with van der Waals surface area (Å²) < 4.78 is 0. The number of unbranched alkanes of at least 4 members (excludes halogenated alkanes) is 2. The molecule has 1 N–H and O–H groups in total. The first-order valence-corrected chi connectivity index (χ1v) is 7.65. The number of nitrogens with zero attached hydrogens (tertiary/aromatic N) is 1. The van der Waals surface area contributed by atoms with Gasteiger partial charge >= 0.3 is 0 Å². The summed E-state index contributed by atoms with van der Waals surface area (Å²) in [6.45, 7) is 10.9. The fourth-order valence-corrected chi connectivity index (χ4v) is 3.24. The largest absolute Gasteiger partial charge is 0.310 e. The van der Waals surface area contributed by atoms with Crippen LogP contribution >= 0.6 is 0 Å². The number of hydrogen-bond donors (Lipinski definition) is 1. The molecule has 2 fully saturated rings. The van der Waals surface area contributed by atoms with Crippen LogP contribution in [0.2, 0.25) is 0 Å². The van der Waals surface area contributed by atoms with Crippen LogP contribution in [0.5, 0.6) is 0 Å². The highest BCUT2D eigenvalue weighted by Crippen LogP contribution is 2.41. The minimum atomic E-state index is 0.400. The Morgan fingerprint density at radius 3 is 2.65 bits per heavy atom. The van der Waals surface area contributed by atoms with E-state index in [2.05, 4.69) is 31.0 Å². The lowest BCUT2D eigenvalue weighted by molar-refractivity contribution is 0.159. The molecular formula is C15H30N2. The average Bonchev–Trinajstić information content (AvgIpc) is 3.10. The van der Waals surface area contributed by atoms with E-state index in [0.717, 1.165) is 12.0 Å². The zero-order valence-corrected chi connectivity index (χ0v) is 12.0. The van der Waals surface area contributed by atoms with Gasteiger partial charge in [-0.25, -0.2) is 0 Å². The fourth-order valence-electron chi connectivity index (χ4n) is 3.24. The van der Waals surface area contributed by atoms with E-state index in [-0.39, 0.29) is 0 Å². The van der Waals surface area contributed by atoms with Crippen LogP contribution in [0.15, 0.2) is 0 Å². The van der Waals surface area contributed by atoms with Crippen molar-refractivity contribution in [3.05, 3.63) is 0 Å². The summed E-state index contributed by atoms with van der Waals surface area (Å²) in [7, 11) is 0.